The third-order valence-electron chi connectivity index (χ3n) is 2.74. The first-order valence-corrected chi connectivity index (χ1v) is 7.85. The number of hydrogen-bond acceptors (Lipinski definition) is 4. The molecule has 102 valence electrons. The molecule has 1 heterocycles. The normalized spacial score (nSPS) is 12.4. The van der Waals surface area contributed by atoms with Crippen molar-refractivity contribution in [3.05, 3.63) is 50.6 Å². The van der Waals surface area contributed by atoms with Crippen LogP contribution in [0.25, 0.3) is 0 Å². The van der Waals surface area contributed by atoms with E-state index >= 15 is 0 Å². The molecule has 0 aliphatic rings. The Hall–Kier alpha value is -0.880. The summed E-state index contributed by atoms with van der Waals surface area (Å²) in [5.74, 6) is 6.59. The average Bonchev–Trinajstić information content (AvgIpc) is 2.84. The van der Waals surface area contributed by atoms with Crippen molar-refractivity contribution in [2.45, 2.75) is 19.4 Å². The van der Waals surface area contributed by atoms with Gasteiger partial charge in [0.05, 0.1) is 12.6 Å². The van der Waals surface area contributed by atoms with Crippen LogP contribution < -0.4 is 16.0 Å². The first-order valence-electron chi connectivity index (χ1n) is 6.18. The predicted molar refractivity (Wildman–Crippen MR) is 83.4 cm³/mol. The molecule has 0 bridgehead atoms. The van der Waals surface area contributed by atoms with Gasteiger partial charge in [0, 0.05) is 9.35 Å². The lowest BCUT2D eigenvalue weighted by Gasteiger charge is -2.16. The molecule has 0 aliphatic carbocycles. The van der Waals surface area contributed by atoms with Gasteiger partial charge in [0.2, 0.25) is 0 Å². The predicted octanol–water partition coefficient (Wildman–Crippen LogP) is 3.85. The summed E-state index contributed by atoms with van der Waals surface area (Å²) in [5.41, 5.74) is 3.97. The van der Waals surface area contributed by atoms with Crippen molar-refractivity contribution in [2.75, 3.05) is 6.61 Å². The monoisotopic (exact) mass is 340 g/mol. The maximum absolute atomic E-state index is 5.71. The molecule has 1 aromatic carbocycles. The second-order valence-electron chi connectivity index (χ2n) is 4.15. The van der Waals surface area contributed by atoms with Gasteiger partial charge in [0.15, 0.2) is 0 Å². The average molecular weight is 341 g/mol. The molecular formula is C14H17BrN2OS. The van der Waals surface area contributed by atoms with E-state index in [1.807, 2.05) is 29.6 Å². The maximum Gasteiger partial charge on any atom is 0.119 e. The molecule has 3 nitrogen and oxygen atoms in total. The first-order chi connectivity index (χ1) is 9.26. The van der Waals surface area contributed by atoms with E-state index < -0.39 is 0 Å². The molecule has 1 atom stereocenters. The first kappa shape index (κ1) is 14.5. The van der Waals surface area contributed by atoms with Crippen LogP contribution >= 0.6 is 27.3 Å². The summed E-state index contributed by atoms with van der Waals surface area (Å²) in [5, 5.41) is 2.04. The molecule has 1 aromatic heterocycles. The number of hydrazine groups is 1. The fourth-order valence-electron chi connectivity index (χ4n) is 1.84. The van der Waals surface area contributed by atoms with Crippen molar-refractivity contribution in [3.8, 4) is 5.75 Å². The third kappa shape index (κ3) is 3.57. The fourth-order valence-corrected chi connectivity index (χ4v) is 3.53. The molecule has 5 heteroatoms. The molecule has 2 aromatic rings. The van der Waals surface area contributed by atoms with Gasteiger partial charge in [-0.05, 0) is 51.5 Å². The summed E-state index contributed by atoms with van der Waals surface area (Å²) in [6.45, 7) is 2.82. The van der Waals surface area contributed by atoms with Gasteiger partial charge in [0.1, 0.15) is 5.75 Å². The van der Waals surface area contributed by atoms with E-state index in [0.717, 1.165) is 33.7 Å². The van der Waals surface area contributed by atoms with Crippen molar-refractivity contribution < 1.29 is 4.74 Å². The Morgan fingerprint density at radius 3 is 2.89 bits per heavy atom. The summed E-state index contributed by atoms with van der Waals surface area (Å²) in [4.78, 5) is 1.16. The lowest BCUT2D eigenvalue weighted by Crippen LogP contribution is -2.28. The van der Waals surface area contributed by atoms with Crippen LogP contribution in [-0.4, -0.2) is 6.61 Å². The maximum atomic E-state index is 5.71. The van der Waals surface area contributed by atoms with Crippen LogP contribution in [0.15, 0.2) is 40.2 Å². The van der Waals surface area contributed by atoms with E-state index in [4.69, 9.17) is 10.6 Å². The minimum atomic E-state index is -0.0282. The Balaban J connectivity index is 2.26. The Morgan fingerprint density at radius 1 is 1.42 bits per heavy atom. The number of nitrogens with one attached hydrogen (secondary N) is 1. The molecule has 0 saturated heterocycles. The summed E-state index contributed by atoms with van der Waals surface area (Å²) >= 11 is 5.22. The molecule has 3 N–H and O–H groups in total. The van der Waals surface area contributed by atoms with Crippen LogP contribution in [0.1, 0.15) is 29.8 Å². The molecule has 1 unspecified atom stereocenters. The Labute approximate surface area is 125 Å². The zero-order valence-corrected chi connectivity index (χ0v) is 13.1. The van der Waals surface area contributed by atoms with E-state index in [0.29, 0.717) is 0 Å². The van der Waals surface area contributed by atoms with Crippen LogP contribution in [0.3, 0.4) is 0 Å². The highest BCUT2D eigenvalue weighted by Gasteiger charge is 2.17. The zero-order valence-electron chi connectivity index (χ0n) is 10.7. The standard InChI is InChI=1S/C14H17BrN2OS/c1-2-7-18-11-5-3-4-10(9-11)13(17-16)14-12(15)6-8-19-14/h3-6,8-9,13,17H,2,7,16H2,1H3. The van der Waals surface area contributed by atoms with E-state index in [2.05, 4.69) is 34.3 Å². The van der Waals surface area contributed by atoms with Gasteiger partial charge in [0.25, 0.3) is 0 Å². The number of thiophene rings is 1. The molecule has 0 spiro atoms. The SMILES string of the molecule is CCCOc1cccc(C(NN)c2sccc2Br)c1. The molecule has 0 saturated carbocycles. The van der Waals surface area contributed by atoms with Crippen molar-refractivity contribution in [2.24, 2.45) is 5.84 Å². The number of rotatable bonds is 6. The molecular weight excluding hydrogens is 324 g/mol. The minimum absolute atomic E-state index is 0.0282. The number of hydrogen-bond donors (Lipinski definition) is 2. The number of ether oxygens (including phenoxy) is 1. The minimum Gasteiger partial charge on any atom is -0.494 e. The highest BCUT2D eigenvalue weighted by Crippen LogP contribution is 2.33. The Kier molecular flexibility index (Phi) is 5.39. The van der Waals surface area contributed by atoms with Gasteiger partial charge in [-0.3, -0.25) is 5.84 Å². The topological polar surface area (TPSA) is 47.3 Å². The second-order valence-corrected chi connectivity index (χ2v) is 5.96. The van der Waals surface area contributed by atoms with Gasteiger partial charge in [-0.1, -0.05) is 19.1 Å². The van der Waals surface area contributed by atoms with E-state index in [-0.39, 0.29) is 6.04 Å². The molecule has 0 aliphatic heterocycles. The Morgan fingerprint density at radius 2 is 2.26 bits per heavy atom. The quantitative estimate of drug-likeness (QED) is 0.620. The van der Waals surface area contributed by atoms with Crippen LogP contribution in [0.4, 0.5) is 0 Å². The second kappa shape index (κ2) is 7.05. The zero-order chi connectivity index (χ0) is 13.7. The fraction of sp³-hybridized carbons (Fsp3) is 0.286. The largest absolute Gasteiger partial charge is 0.494 e. The van der Waals surface area contributed by atoms with E-state index in [1.54, 1.807) is 11.3 Å². The lowest BCUT2D eigenvalue weighted by molar-refractivity contribution is 0.317. The van der Waals surface area contributed by atoms with Crippen LogP contribution in [-0.2, 0) is 0 Å². The molecule has 19 heavy (non-hydrogen) atoms. The number of benzene rings is 1. The summed E-state index contributed by atoms with van der Waals surface area (Å²) < 4.78 is 6.73. The van der Waals surface area contributed by atoms with Gasteiger partial charge in [-0.2, -0.15) is 0 Å². The van der Waals surface area contributed by atoms with Crippen molar-refractivity contribution in [1.82, 2.24) is 5.43 Å². The number of halogens is 1. The van der Waals surface area contributed by atoms with Crippen LogP contribution in [0.2, 0.25) is 0 Å². The molecule has 2 rings (SSSR count). The van der Waals surface area contributed by atoms with Gasteiger partial charge in [-0.15, -0.1) is 11.3 Å². The summed E-state index contributed by atoms with van der Waals surface area (Å²) in [6.07, 6.45) is 0.999. The summed E-state index contributed by atoms with van der Waals surface area (Å²) in [6, 6.07) is 10.0. The van der Waals surface area contributed by atoms with Crippen LogP contribution in [0.5, 0.6) is 5.75 Å². The van der Waals surface area contributed by atoms with E-state index in [9.17, 15) is 0 Å². The van der Waals surface area contributed by atoms with Gasteiger partial charge in [-0.25, -0.2) is 5.43 Å². The highest BCUT2D eigenvalue weighted by molar-refractivity contribution is 9.10. The van der Waals surface area contributed by atoms with Gasteiger partial charge < -0.3 is 4.74 Å². The molecule has 0 amide bonds. The van der Waals surface area contributed by atoms with Gasteiger partial charge >= 0.3 is 0 Å². The smallest absolute Gasteiger partial charge is 0.119 e. The van der Waals surface area contributed by atoms with E-state index in [1.165, 1.54) is 0 Å². The third-order valence-corrected chi connectivity index (χ3v) is 4.67. The Bertz CT molecular complexity index is 530. The molecule has 0 fully saturated rings. The van der Waals surface area contributed by atoms with Crippen molar-refractivity contribution in [1.29, 1.82) is 0 Å². The van der Waals surface area contributed by atoms with Crippen molar-refractivity contribution >= 4 is 27.3 Å². The van der Waals surface area contributed by atoms with Crippen molar-refractivity contribution in [3.63, 3.8) is 0 Å². The molecule has 0 radical (unpaired) electrons. The van der Waals surface area contributed by atoms with Crippen LogP contribution in [0, 0.1) is 0 Å². The highest BCUT2D eigenvalue weighted by atomic mass is 79.9. The number of nitrogens with two attached hydrogens (primary N) is 1. The lowest BCUT2D eigenvalue weighted by atomic mass is 10.1. The summed E-state index contributed by atoms with van der Waals surface area (Å²) in [7, 11) is 0.